The van der Waals surface area contributed by atoms with Gasteiger partial charge in [-0.2, -0.15) is 0 Å². The van der Waals surface area contributed by atoms with Crippen molar-refractivity contribution in [2.45, 2.75) is 13.8 Å². The number of hydrogen-bond donors (Lipinski definition) is 1. The molecule has 1 heterocycles. The number of nitrogens with one attached hydrogen (secondary N) is 1. The van der Waals surface area contributed by atoms with Crippen LogP contribution in [0.4, 0.5) is 5.69 Å². The Morgan fingerprint density at radius 3 is 2.40 bits per heavy atom. The largest absolute Gasteiger partial charge is 0.490 e. The molecule has 0 aromatic heterocycles. The summed E-state index contributed by atoms with van der Waals surface area (Å²) in [6.07, 6.45) is 0. The molecular weight excluding hydrogens is 398 g/mol. The van der Waals surface area contributed by atoms with Crippen LogP contribution in [0.25, 0.3) is 0 Å². The number of thiocarbonyl (C=S) groups is 1. The van der Waals surface area contributed by atoms with E-state index in [-0.39, 0.29) is 12.5 Å². The van der Waals surface area contributed by atoms with E-state index in [1.165, 1.54) is 0 Å². The van der Waals surface area contributed by atoms with Crippen LogP contribution in [-0.4, -0.2) is 67.1 Å². The van der Waals surface area contributed by atoms with Gasteiger partial charge in [0, 0.05) is 37.4 Å². The fourth-order valence-electron chi connectivity index (χ4n) is 3.20. The summed E-state index contributed by atoms with van der Waals surface area (Å²) in [7, 11) is 2.12. The van der Waals surface area contributed by atoms with E-state index in [2.05, 4.69) is 22.2 Å². The maximum Gasteiger partial charge on any atom is 0.262 e. The average molecular weight is 428 g/mol. The third kappa shape index (κ3) is 5.93. The summed E-state index contributed by atoms with van der Waals surface area (Å²) in [5, 5.41) is 2.83. The van der Waals surface area contributed by atoms with Crippen molar-refractivity contribution >= 4 is 28.8 Å². The minimum absolute atomic E-state index is 0.101. The zero-order chi connectivity index (χ0) is 21.5. The molecule has 0 bridgehead atoms. The van der Waals surface area contributed by atoms with Gasteiger partial charge in [-0.05, 0) is 51.2 Å². The van der Waals surface area contributed by atoms with Gasteiger partial charge in [0.05, 0.1) is 6.61 Å². The van der Waals surface area contributed by atoms with Crippen molar-refractivity contribution in [1.29, 1.82) is 0 Å². The van der Waals surface area contributed by atoms with Crippen LogP contribution in [0, 0.1) is 6.92 Å². The van der Waals surface area contributed by atoms with E-state index in [0.717, 1.165) is 48.0 Å². The Bertz CT molecular complexity index is 878. The maximum atomic E-state index is 12.2. The molecule has 1 aliphatic rings. The standard InChI is InChI=1S/C23H29N3O3S/c1-4-28-21-15-18(23(30)26-13-11-25(3)12-14-26)7-10-20(21)29-16-22(27)24-19-8-5-17(2)6-9-19/h5-10,15H,4,11-14,16H2,1-3H3,(H,24,27). The third-order valence-corrected chi connectivity index (χ3v) is 5.47. The molecule has 6 nitrogen and oxygen atoms in total. The Hall–Kier alpha value is -2.64. The van der Waals surface area contributed by atoms with Gasteiger partial charge in [-0.1, -0.05) is 29.9 Å². The minimum atomic E-state index is -0.224. The lowest BCUT2D eigenvalue weighted by Crippen LogP contribution is -2.46. The monoisotopic (exact) mass is 427 g/mol. The summed E-state index contributed by atoms with van der Waals surface area (Å²) in [4.78, 5) is 17.6. The van der Waals surface area contributed by atoms with Crippen molar-refractivity contribution < 1.29 is 14.3 Å². The minimum Gasteiger partial charge on any atom is -0.490 e. The van der Waals surface area contributed by atoms with E-state index in [1.807, 2.05) is 56.3 Å². The number of carbonyl (C=O) groups excluding carboxylic acids is 1. The van der Waals surface area contributed by atoms with Crippen LogP contribution in [-0.2, 0) is 4.79 Å². The maximum absolute atomic E-state index is 12.2. The second-order valence-electron chi connectivity index (χ2n) is 7.39. The summed E-state index contributed by atoms with van der Waals surface area (Å²) in [5.41, 5.74) is 2.81. The molecule has 2 aromatic rings. The second kappa shape index (κ2) is 10.4. The molecule has 1 aliphatic heterocycles. The fourth-order valence-corrected chi connectivity index (χ4v) is 3.51. The Morgan fingerprint density at radius 2 is 1.73 bits per heavy atom. The van der Waals surface area contributed by atoms with Gasteiger partial charge >= 0.3 is 0 Å². The van der Waals surface area contributed by atoms with Gasteiger partial charge in [-0.25, -0.2) is 0 Å². The van der Waals surface area contributed by atoms with Crippen molar-refractivity contribution in [2.24, 2.45) is 0 Å². The van der Waals surface area contributed by atoms with Gasteiger partial charge in [0.2, 0.25) is 0 Å². The molecule has 1 saturated heterocycles. The predicted octanol–water partition coefficient (Wildman–Crippen LogP) is 3.33. The summed E-state index contributed by atoms with van der Waals surface area (Å²) in [6.45, 7) is 8.13. The van der Waals surface area contributed by atoms with Crippen LogP contribution >= 0.6 is 12.2 Å². The lowest BCUT2D eigenvalue weighted by molar-refractivity contribution is -0.118. The van der Waals surface area contributed by atoms with Gasteiger partial charge in [0.25, 0.3) is 5.91 Å². The van der Waals surface area contributed by atoms with Gasteiger partial charge in [-0.15, -0.1) is 0 Å². The topological polar surface area (TPSA) is 54.0 Å². The Labute approximate surface area is 183 Å². The smallest absolute Gasteiger partial charge is 0.262 e. The Morgan fingerprint density at radius 1 is 1.03 bits per heavy atom. The van der Waals surface area contributed by atoms with Crippen LogP contribution in [0.3, 0.4) is 0 Å². The van der Waals surface area contributed by atoms with E-state index in [1.54, 1.807) is 0 Å². The highest BCUT2D eigenvalue weighted by molar-refractivity contribution is 7.80. The highest BCUT2D eigenvalue weighted by atomic mass is 32.1. The normalized spacial score (nSPS) is 14.3. The number of nitrogens with zero attached hydrogens (tertiary/aromatic N) is 2. The molecule has 1 fully saturated rings. The third-order valence-electron chi connectivity index (χ3n) is 4.98. The molecule has 1 N–H and O–H groups in total. The first-order valence-corrected chi connectivity index (χ1v) is 10.6. The lowest BCUT2D eigenvalue weighted by atomic mass is 10.1. The molecule has 0 radical (unpaired) electrons. The number of ether oxygens (including phenoxy) is 2. The van der Waals surface area contributed by atoms with Crippen LogP contribution < -0.4 is 14.8 Å². The average Bonchev–Trinajstić information content (AvgIpc) is 2.75. The number of benzene rings is 2. The van der Waals surface area contributed by atoms with E-state index in [0.29, 0.717) is 18.1 Å². The SMILES string of the molecule is CCOc1cc(C(=S)N2CCN(C)CC2)ccc1OCC(=O)Nc1ccc(C)cc1. The quantitative estimate of drug-likeness (QED) is 0.684. The first kappa shape index (κ1) is 22.1. The molecule has 2 aromatic carbocycles. The van der Waals surface area contributed by atoms with Crippen molar-refractivity contribution in [3.05, 3.63) is 53.6 Å². The predicted molar refractivity (Wildman–Crippen MR) is 124 cm³/mol. The van der Waals surface area contributed by atoms with Crippen LogP contribution in [0.15, 0.2) is 42.5 Å². The van der Waals surface area contributed by atoms with Gasteiger partial charge in [0.15, 0.2) is 18.1 Å². The molecule has 30 heavy (non-hydrogen) atoms. The summed E-state index contributed by atoms with van der Waals surface area (Å²) >= 11 is 5.70. The van der Waals surface area contributed by atoms with Crippen molar-refractivity contribution in [3.8, 4) is 11.5 Å². The number of carbonyl (C=O) groups is 1. The van der Waals surface area contributed by atoms with Crippen LogP contribution in [0.5, 0.6) is 11.5 Å². The summed E-state index contributed by atoms with van der Waals surface area (Å²) in [5.74, 6) is 0.897. The van der Waals surface area contributed by atoms with Gasteiger partial charge in [0.1, 0.15) is 4.99 Å². The molecule has 1 amide bonds. The first-order valence-electron chi connectivity index (χ1n) is 10.2. The molecule has 160 valence electrons. The van der Waals surface area contributed by atoms with E-state index in [9.17, 15) is 4.79 Å². The highest BCUT2D eigenvalue weighted by Gasteiger charge is 2.19. The number of aryl methyl sites for hydroxylation is 1. The van der Waals surface area contributed by atoms with Crippen molar-refractivity contribution in [2.75, 3.05) is 51.8 Å². The van der Waals surface area contributed by atoms with E-state index >= 15 is 0 Å². The number of anilines is 1. The number of piperazine rings is 1. The molecule has 0 atom stereocenters. The van der Waals surface area contributed by atoms with Gasteiger partial charge < -0.3 is 24.6 Å². The van der Waals surface area contributed by atoms with E-state index < -0.39 is 0 Å². The van der Waals surface area contributed by atoms with Crippen LogP contribution in [0.1, 0.15) is 18.1 Å². The molecule has 0 unspecified atom stereocenters. The molecule has 0 spiro atoms. The van der Waals surface area contributed by atoms with Crippen LogP contribution in [0.2, 0.25) is 0 Å². The molecule has 0 aliphatic carbocycles. The number of rotatable bonds is 7. The molecule has 0 saturated carbocycles. The highest BCUT2D eigenvalue weighted by Crippen LogP contribution is 2.29. The summed E-state index contributed by atoms with van der Waals surface area (Å²) in [6, 6.07) is 13.3. The fraction of sp³-hybridized carbons (Fsp3) is 0.391. The second-order valence-corrected chi connectivity index (χ2v) is 7.78. The number of amides is 1. The Kier molecular flexibility index (Phi) is 7.65. The van der Waals surface area contributed by atoms with E-state index in [4.69, 9.17) is 21.7 Å². The zero-order valence-corrected chi connectivity index (χ0v) is 18.6. The molecular formula is C23H29N3O3S. The lowest BCUT2D eigenvalue weighted by Gasteiger charge is -2.34. The zero-order valence-electron chi connectivity index (χ0n) is 17.8. The van der Waals surface area contributed by atoms with Crippen molar-refractivity contribution in [1.82, 2.24) is 9.80 Å². The summed E-state index contributed by atoms with van der Waals surface area (Å²) < 4.78 is 11.5. The van der Waals surface area contributed by atoms with Gasteiger partial charge in [-0.3, -0.25) is 4.79 Å². The molecule has 3 rings (SSSR count). The first-order chi connectivity index (χ1) is 14.5. The molecule has 7 heteroatoms. The Balaban J connectivity index is 1.63. The number of likely N-dealkylation sites (N-methyl/N-ethyl adjacent to an activating group) is 1. The van der Waals surface area contributed by atoms with Crippen molar-refractivity contribution in [3.63, 3.8) is 0 Å². The number of hydrogen-bond acceptors (Lipinski definition) is 5.